The molecule has 0 saturated heterocycles. The second-order valence-corrected chi connectivity index (χ2v) is 11.1. The van der Waals surface area contributed by atoms with Gasteiger partial charge in [-0.25, -0.2) is 0 Å². The van der Waals surface area contributed by atoms with Gasteiger partial charge in [0.1, 0.15) is 0 Å². The number of fused-ring (bicyclic) bond motifs is 4. The van der Waals surface area contributed by atoms with E-state index in [1.165, 1.54) is 24.9 Å². The molecule has 6 heterocycles. The summed E-state index contributed by atoms with van der Waals surface area (Å²) < 4.78 is 7.97. The number of rotatable bonds is 3. The number of pyridine rings is 4. The Labute approximate surface area is 255 Å². The summed E-state index contributed by atoms with van der Waals surface area (Å²) in [6, 6.07) is 30.0. The average molecular weight is 773 g/mol. The largest absolute Gasteiger partial charge is 0.366 e. The molecule has 8 aromatic rings. The number of hydrogen-bond donors (Lipinski definition) is 0. The first-order valence-electron chi connectivity index (χ1n) is 12.6. The molecule has 0 N–H and O–H groups in total. The van der Waals surface area contributed by atoms with Crippen molar-refractivity contribution in [2.24, 2.45) is 0 Å². The summed E-state index contributed by atoms with van der Waals surface area (Å²) >= 11 is 0.281. The summed E-state index contributed by atoms with van der Waals surface area (Å²) in [7, 11) is 0. The first kappa shape index (κ1) is 26.9. The Hall–Kier alpha value is -4.32. The zero-order valence-electron chi connectivity index (χ0n) is 21.4. The third-order valence-electron chi connectivity index (χ3n) is 6.48. The van der Waals surface area contributed by atoms with Crippen LogP contribution in [0.15, 0.2) is 121 Å². The zero-order valence-corrected chi connectivity index (χ0v) is 25.5. The van der Waals surface area contributed by atoms with Gasteiger partial charge in [-0.15, -0.1) is 22.9 Å². The smallest absolute Gasteiger partial charge is 0.160 e. The van der Waals surface area contributed by atoms with Crippen LogP contribution in [-0.4, -0.2) is 39.6 Å². The fourth-order valence-corrected chi connectivity index (χ4v) is 7.08. The molecule has 199 valence electrons. The van der Waals surface area contributed by atoms with Gasteiger partial charge < -0.3 is 9.51 Å². The minimum Gasteiger partial charge on any atom is -0.366 e. The van der Waals surface area contributed by atoms with E-state index in [4.69, 9.17) is 4.52 Å². The van der Waals surface area contributed by atoms with Gasteiger partial charge in [0.25, 0.3) is 0 Å². The summed E-state index contributed by atoms with van der Waals surface area (Å²) in [6.07, 6.45) is 13.5. The van der Waals surface area contributed by atoms with E-state index in [9.17, 15) is 0 Å². The summed E-state index contributed by atoms with van der Waals surface area (Å²) in [5, 5.41) is 7.51. The quantitative estimate of drug-likeness (QED) is 0.142. The van der Waals surface area contributed by atoms with E-state index in [0.29, 0.717) is 0 Å². The van der Waals surface area contributed by atoms with Crippen LogP contribution < -0.4 is 0 Å². The molecule has 0 spiro atoms. The van der Waals surface area contributed by atoms with E-state index in [0.717, 1.165) is 39.0 Å². The standard InChI is InChI=1S/C22H13N2Se.C11H6N3O.Ir/c1-2-12-24-20(8-1)18-7-3-6-17-19-13-15(16-5-4-11-23-14-16)9-10-21(19)25-22(17)18;1-2-8(6-12-4-1)11-9-7-13-5-3-10(9)15-14-11;/h1-6,8-14H;1-5,7H;/q2*-1;. The van der Waals surface area contributed by atoms with Crippen molar-refractivity contribution in [1.29, 1.82) is 0 Å². The molecule has 8 rings (SSSR count). The molecule has 0 aliphatic rings. The van der Waals surface area contributed by atoms with Crippen molar-refractivity contribution in [2.45, 2.75) is 0 Å². The van der Waals surface area contributed by atoms with E-state index in [1.54, 1.807) is 24.7 Å². The summed E-state index contributed by atoms with van der Waals surface area (Å²) in [6.45, 7) is 0. The Balaban J connectivity index is 0.000000162. The maximum absolute atomic E-state index is 5.17. The molecule has 0 fully saturated rings. The van der Waals surface area contributed by atoms with Crippen molar-refractivity contribution < 1.29 is 24.6 Å². The first-order chi connectivity index (χ1) is 19.8. The Kier molecular flexibility index (Phi) is 7.90. The molecule has 8 heteroatoms. The fraction of sp³-hybridized carbons (Fsp3) is 0. The molecular formula is C33H19IrN5OSe-2. The third kappa shape index (κ3) is 5.39. The number of benzene rings is 2. The van der Waals surface area contributed by atoms with Crippen molar-refractivity contribution >= 4 is 44.8 Å². The molecule has 0 aliphatic heterocycles. The van der Waals surface area contributed by atoms with Crippen molar-refractivity contribution in [3.8, 4) is 33.6 Å². The molecule has 0 bridgehead atoms. The minimum atomic E-state index is 0. The Morgan fingerprint density at radius 1 is 0.732 bits per heavy atom. The van der Waals surface area contributed by atoms with Crippen LogP contribution >= 0.6 is 0 Å². The number of nitrogens with zero attached hydrogens (tertiary/aromatic N) is 5. The van der Waals surface area contributed by atoms with Crippen molar-refractivity contribution in [3.05, 3.63) is 128 Å². The van der Waals surface area contributed by atoms with Crippen molar-refractivity contribution in [2.75, 3.05) is 0 Å². The molecule has 0 atom stereocenters. The fourth-order valence-electron chi connectivity index (χ4n) is 4.59. The van der Waals surface area contributed by atoms with Crippen LogP contribution in [0.25, 0.3) is 63.9 Å². The van der Waals surface area contributed by atoms with E-state index in [-0.39, 0.29) is 34.6 Å². The predicted octanol–water partition coefficient (Wildman–Crippen LogP) is 7.06. The topological polar surface area (TPSA) is 77.6 Å². The molecule has 2 aromatic carbocycles. The van der Waals surface area contributed by atoms with Gasteiger partial charge in [0.05, 0.1) is 0 Å². The first-order valence-corrected chi connectivity index (χ1v) is 14.3. The van der Waals surface area contributed by atoms with Gasteiger partial charge in [-0.1, -0.05) is 6.20 Å². The van der Waals surface area contributed by atoms with Crippen LogP contribution in [0.3, 0.4) is 0 Å². The molecule has 0 saturated carbocycles. The van der Waals surface area contributed by atoms with Crippen LogP contribution in [0, 0.1) is 12.3 Å². The maximum atomic E-state index is 5.17. The second kappa shape index (κ2) is 12.0. The number of hydrogen-bond acceptors (Lipinski definition) is 6. The van der Waals surface area contributed by atoms with E-state index in [2.05, 4.69) is 73.8 Å². The van der Waals surface area contributed by atoms with E-state index >= 15 is 0 Å². The Morgan fingerprint density at radius 2 is 1.66 bits per heavy atom. The average Bonchev–Trinajstić information content (AvgIpc) is 3.64. The SMILES string of the molecule is [Ir].[c-]1ccc2c([se]c3ccc(-c4cccnc4)cc32)c1-c1ccccn1.[c-]1ncccc1-c1noc2ccncc12. The van der Waals surface area contributed by atoms with E-state index in [1.807, 2.05) is 55.0 Å². The van der Waals surface area contributed by atoms with Gasteiger partial charge in [-0.2, -0.15) is 0 Å². The monoisotopic (exact) mass is 774 g/mol. The van der Waals surface area contributed by atoms with Gasteiger partial charge in [0.2, 0.25) is 0 Å². The van der Waals surface area contributed by atoms with Crippen LogP contribution in [0.2, 0.25) is 0 Å². The molecule has 0 unspecified atom stereocenters. The van der Waals surface area contributed by atoms with Crippen LogP contribution in [-0.2, 0) is 20.1 Å². The minimum absolute atomic E-state index is 0. The maximum Gasteiger partial charge on any atom is 0.160 e. The predicted molar refractivity (Wildman–Crippen MR) is 158 cm³/mol. The normalized spacial score (nSPS) is 10.7. The van der Waals surface area contributed by atoms with Gasteiger partial charge in [0, 0.05) is 49.6 Å². The van der Waals surface area contributed by atoms with Crippen molar-refractivity contribution in [1.82, 2.24) is 25.1 Å². The van der Waals surface area contributed by atoms with Gasteiger partial charge >= 0.3 is 151 Å². The Morgan fingerprint density at radius 3 is 2.49 bits per heavy atom. The van der Waals surface area contributed by atoms with Crippen LogP contribution in [0.4, 0.5) is 0 Å². The second-order valence-electron chi connectivity index (χ2n) is 8.93. The van der Waals surface area contributed by atoms with Gasteiger partial charge in [-0.05, 0) is 6.20 Å². The van der Waals surface area contributed by atoms with Crippen molar-refractivity contribution in [3.63, 3.8) is 0 Å². The molecule has 6 aromatic heterocycles. The summed E-state index contributed by atoms with van der Waals surface area (Å²) in [4.78, 5) is 16.7. The third-order valence-corrected chi connectivity index (χ3v) is 9.01. The molecule has 1 radical (unpaired) electrons. The summed E-state index contributed by atoms with van der Waals surface area (Å²) in [5.74, 6) is 0. The molecular weight excluding hydrogens is 754 g/mol. The zero-order chi connectivity index (χ0) is 26.7. The van der Waals surface area contributed by atoms with E-state index < -0.39 is 0 Å². The van der Waals surface area contributed by atoms with Gasteiger partial charge in [0.15, 0.2) is 5.58 Å². The summed E-state index contributed by atoms with van der Waals surface area (Å²) in [5.41, 5.74) is 6.76. The molecule has 0 aliphatic carbocycles. The molecule has 6 nitrogen and oxygen atoms in total. The van der Waals surface area contributed by atoms with Gasteiger partial charge in [-0.3, -0.25) is 4.98 Å². The van der Waals surface area contributed by atoms with Crippen LogP contribution in [0.5, 0.6) is 0 Å². The Bertz CT molecular complexity index is 2060. The molecule has 0 amide bonds. The van der Waals surface area contributed by atoms with Crippen LogP contribution in [0.1, 0.15) is 0 Å². The molecule has 41 heavy (non-hydrogen) atoms. The number of aromatic nitrogens is 5.